The molecule has 2 aromatic rings. The Bertz CT molecular complexity index is 840. The van der Waals surface area contributed by atoms with Gasteiger partial charge in [-0.15, -0.1) is 0 Å². The van der Waals surface area contributed by atoms with Gasteiger partial charge in [-0.1, -0.05) is 0 Å². The summed E-state index contributed by atoms with van der Waals surface area (Å²) in [5.41, 5.74) is 0.469. The van der Waals surface area contributed by atoms with Crippen molar-refractivity contribution in [1.82, 2.24) is 10.2 Å². The van der Waals surface area contributed by atoms with Crippen LogP contribution < -0.4 is 10.1 Å². The molecule has 146 valence electrons. The fourth-order valence-electron chi connectivity index (χ4n) is 2.02. The van der Waals surface area contributed by atoms with Gasteiger partial charge >= 0.3 is 5.97 Å². The van der Waals surface area contributed by atoms with Crippen LogP contribution in [0.2, 0.25) is 0 Å². The number of rotatable bonds is 9. The maximum atomic E-state index is 11.9. The molecule has 0 aliphatic carbocycles. The molecule has 2 amide bonds. The van der Waals surface area contributed by atoms with Crippen molar-refractivity contribution in [3.63, 3.8) is 0 Å². The van der Waals surface area contributed by atoms with Crippen molar-refractivity contribution in [2.24, 2.45) is 0 Å². The molecule has 0 atom stereocenters. The van der Waals surface area contributed by atoms with Gasteiger partial charge in [0.05, 0.1) is 31.0 Å². The zero-order chi connectivity index (χ0) is 20.4. The average Bonchev–Trinajstić information content (AvgIpc) is 3.22. The highest BCUT2D eigenvalue weighted by atomic mass is 16.6. The topological polar surface area (TPSA) is 122 Å². The van der Waals surface area contributed by atoms with Crippen LogP contribution in [0.5, 0.6) is 5.75 Å². The van der Waals surface area contributed by atoms with E-state index in [1.807, 2.05) is 6.07 Å². The number of carbonyl (C=O) groups is 3. The molecule has 1 aromatic carbocycles. The summed E-state index contributed by atoms with van der Waals surface area (Å²) in [5, 5.41) is 11.3. The van der Waals surface area contributed by atoms with Gasteiger partial charge in [0, 0.05) is 7.05 Å². The standard InChI is InChI=1S/C19H19N3O6/c1-22(11-17(23)21-10-16-3-2-8-26-16)18(24)12-28-19(25)13-27-15-6-4-14(9-20)5-7-15/h2-8H,10-13H2,1H3,(H,21,23). The van der Waals surface area contributed by atoms with Gasteiger partial charge < -0.3 is 24.1 Å². The van der Waals surface area contributed by atoms with Gasteiger partial charge in [0.1, 0.15) is 11.5 Å². The Hall–Kier alpha value is -3.80. The van der Waals surface area contributed by atoms with E-state index in [0.29, 0.717) is 17.1 Å². The molecule has 28 heavy (non-hydrogen) atoms. The van der Waals surface area contributed by atoms with E-state index in [-0.39, 0.29) is 25.6 Å². The molecule has 0 spiro atoms. The van der Waals surface area contributed by atoms with Gasteiger partial charge in [0.25, 0.3) is 5.91 Å². The van der Waals surface area contributed by atoms with E-state index in [2.05, 4.69) is 5.32 Å². The fourth-order valence-corrected chi connectivity index (χ4v) is 2.02. The van der Waals surface area contributed by atoms with Gasteiger partial charge in [0.2, 0.25) is 5.91 Å². The van der Waals surface area contributed by atoms with Crippen molar-refractivity contribution < 1.29 is 28.3 Å². The summed E-state index contributed by atoms with van der Waals surface area (Å²) in [7, 11) is 1.43. The number of hydrogen-bond acceptors (Lipinski definition) is 7. The van der Waals surface area contributed by atoms with E-state index in [0.717, 1.165) is 4.90 Å². The molecule has 0 unspecified atom stereocenters. The molecule has 1 N–H and O–H groups in total. The predicted octanol–water partition coefficient (Wildman–Crippen LogP) is 0.848. The minimum absolute atomic E-state index is 0.182. The van der Waals surface area contributed by atoms with Gasteiger partial charge in [-0.3, -0.25) is 9.59 Å². The molecule has 1 heterocycles. The highest BCUT2D eigenvalue weighted by Crippen LogP contribution is 2.11. The van der Waals surface area contributed by atoms with Crippen LogP contribution in [0.25, 0.3) is 0 Å². The summed E-state index contributed by atoms with van der Waals surface area (Å²) in [6.45, 7) is -0.849. The molecule has 0 radical (unpaired) electrons. The van der Waals surface area contributed by atoms with E-state index in [9.17, 15) is 14.4 Å². The second kappa shape index (κ2) is 10.4. The van der Waals surface area contributed by atoms with Crippen LogP contribution >= 0.6 is 0 Å². The molecule has 0 bridgehead atoms. The number of hydrogen-bond donors (Lipinski definition) is 1. The number of likely N-dealkylation sites (N-methyl/N-ethyl adjacent to an activating group) is 1. The van der Waals surface area contributed by atoms with Crippen molar-refractivity contribution >= 4 is 17.8 Å². The number of nitriles is 1. The largest absolute Gasteiger partial charge is 0.482 e. The number of esters is 1. The van der Waals surface area contributed by atoms with E-state index < -0.39 is 18.5 Å². The minimum Gasteiger partial charge on any atom is -0.482 e. The number of benzene rings is 1. The number of nitrogens with zero attached hydrogens (tertiary/aromatic N) is 2. The Balaban J connectivity index is 1.64. The number of furan rings is 1. The molecule has 0 aliphatic heterocycles. The third kappa shape index (κ3) is 6.84. The molecular formula is C19H19N3O6. The summed E-state index contributed by atoms with van der Waals surface area (Å²) in [6.07, 6.45) is 1.50. The van der Waals surface area contributed by atoms with Crippen LogP contribution in [0.3, 0.4) is 0 Å². The van der Waals surface area contributed by atoms with Crippen molar-refractivity contribution in [2.45, 2.75) is 6.54 Å². The van der Waals surface area contributed by atoms with Crippen molar-refractivity contribution in [3.05, 3.63) is 54.0 Å². The molecule has 9 heteroatoms. The number of ether oxygens (including phenoxy) is 2. The monoisotopic (exact) mass is 385 g/mol. The van der Waals surface area contributed by atoms with Crippen molar-refractivity contribution in [2.75, 3.05) is 26.8 Å². The van der Waals surface area contributed by atoms with Crippen molar-refractivity contribution in [3.8, 4) is 11.8 Å². The molecule has 9 nitrogen and oxygen atoms in total. The Morgan fingerprint density at radius 3 is 2.57 bits per heavy atom. The molecule has 0 fully saturated rings. The van der Waals surface area contributed by atoms with Crippen LogP contribution in [-0.2, 0) is 25.7 Å². The summed E-state index contributed by atoms with van der Waals surface area (Å²) in [5.74, 6) is -0.637. The molecule has 0 saturated heterocycles. The lowest BCUT2D eigenvalue weighted by Gasteiger charge is -2.16. The van der Waals surface area contributed by atoms with Crippen LogP contribution in [0.4, 0.5) is 0 Å². The first-order valence-corrected chi connectivity index (χ1v) is 8.29. The number of nitrogens with one attached hydrogen (secondary N) is 1. The maximum absolute atomic E-state index is 11.9. The van der Waals surface area contributed by atoms with Gasteiger partial charge in [-0.2, -0.15) is 5.26 Å². The van der Waals surface area contributed by atoms with E-state index in [4.69, 9.17) is 19.2 Å². The van der Waals surface area contributed by atoms with E-state index in [1.54, 1.807) is 36.4 Å². The second-order valence-electron chi connectivity index (χ2n) is 5.69. The van der Waals surface area contributed by atoms with Crippen LogP contribution in [0, 0.1) is 11.3 Å². The summed E-state index contributed by atoms with van der Waals surface area (Å²) in [6, 6.07) is 11.6. The normalized spacial score (nSPS) is 9.86. The first-order valence-electron chi connectivity index (χ1n) is 8.29. The Morgan fingerprint density at radius 1 is 1.18 bits per heavy atom. The van der Waals surface area contributed by atoms with Gasteiger partial charge in [-0.25, -0.2) is 4.79 Å². The zero-order valence-electron chi connectivity index (χ0n) is 15.2. The van der Waals surface area contributed by atoms with Crippen LogP contribution in [0.15, 0.2) is 47.1 Å². The highest BCUT2D eigenvalue weighted by Gasteiger charge is 2.15. The SMILES string of the molecule is CN(CC(=O)NCc1ccco1)C(=O)COC(=O)COc1ccc(C#N)cc1. The molecule has 1 aromatic heterocycles. The van der Waals surface area contributed by atoms with E-state index in [1.165, 1.54) is 13.3 Å². The average molecular weight is 385 g/mol. The predicted molar refractivity (Wildman–Crippen MR) is 95.8 cm³/mol. The van der Waals surface area contributed by atoms with Crippen LogP contribution in [0.1, 0.15) is 11.3 Å². The van der Waals surface area contributed by atoms with Gasteiger partial charge in [0.15, 0.2) is 13.2 Å². The molecule has 2 rings (SSSR count). The summed E-state index contributed by atoms with van der Waals surface area (Å²) < 4.78 is 15.1. The quantitative estimate of drug-likeness (QED) is 0.635. The second-order valence-corrected chi connectivity index (χ2v) is 5.69. The van der Waals surface area contributed by atoms with Crippen LogP contribution in [-0.4, -0.2) is 49.5 Å². The highest BCUT2D eigenvalue weighted by molar-refractivity contribution is 5.86. The van der Waals surface area contributed by atoms with Gasteiger partial charge in [-0.05, 0) is 36.4 Å². The Morgan fingerprint density at radius 2 is 1.93 bits per heavy atom. The minimum atomic E-state index is -0.728. The lowest BCUT2D eigenvalue weighted by Crippen LogP contribution is -2.40. The summed E-state index contributed by atoms with van der Waals surface area (Å²) >= 11 is 0. The third-order valence-corrected chi connectivity index (χ3v) is 3.54. The molecule has 0 saturated carbocycles. The number of amides is 2. The Kier molecular flexibility index (Phi) is 7.60. The molecule has 0 aliphatic rings. The number of carbonyl (C=O) groups excluding carboxylic acids is 3. The smallest absolute Gasteiger partial charge is 0.344 e. The maximum Gasteiger partial charge on any atom is 0.344 e. The first-order chi connectivity index (χ1) is 13.5. The fraction of sp³-hybridized carbons (Fsp3) is 0.263. The summed E-state index contributed by atoms with van der Waals surface area (Å²) in [4.78, 5) is 36.5. The lowest BCUT2D eigenvalue weighted by molar-refractivity contribution is -0.153. The third-order valence-electron chi connectivity index (χ3n) is 3.54. The molecular weight excluding hydrogens is 366 g/mol. The first kappa shape index (κ1) is 20.5. The Labute approximate surface area is 161 Å². The zero-order valence-corrected chi connectivity index (χ0v) is 15.2. The van der Waals surface area contributed by atoms with E-state index >= 15 is 0 Å². The lowest BCUT2D eigenvalue weighted by atomic mass is 10.2. The van der Waals surface area contributed by atoms with Crippen molar-refractivity contribution in [1.29, 1.82) is 5.26 Å².